The van der Waals surface area contributed by atoms with E-state index in [-0.39, 0.29) is 18.2 Å². The average Bonchev–Trinajstić information content (AvgIpc) is 2.85. The highest BCUT2D eigenvalue weighted by molar-refractivity contribution is 6.08. The quantitative estimate of drug-likeness (QED) is 0.805. The first-order chi connectivity index (χ1) is 12.5. The summed E-state index contributed by atoms with van der Waals surface area (Å²) in [7, 11) is 1.54. The standard InChI is InChI=1S/C12H13NO2.C9H8N2/c1-12(9-6-4-3-5-7-9)8-10(14)13(2)11(12)15;1-2-4-9-8(3-1)7-10-5-6-11-9/h3-7H,8H2,1-2H3;1-7,11H. The number of imide groups is 1. The van der Waals surface area contributed by atoms with Gasteiger partial charge in [0.1, 0.15) is 0 Å². The molecule has 0 aliphatic carbocycles. The van der Waals surface area contributed by atoms with Gasteiger partial charge in [-0.2, -0.15) is 0 Å². The maximum Gasteiger partial charge on any atom is 0.239 e. The molecule has 2 aromatic rings. The molecule has 2 heterocycles. The third-order valence-electron chi connectivity index (χ3n) is 4.64. The highest BCUT2D eigenvalue weighted by atomic mass is 16.2. The van der Waals surface area contributed by atoms with E-state index in [1.54, 1.807) is 13.2 Å². The van der Waals surface area contributed by atoms with Crippen LogP contribution in [0.25, 0.3) is 0 Å². The molecule has 132 valence electrons. The summed E-state index contributed by atoms with van der Waals surface area (Å²) < 4.78 is 0. The lowest BCUT2D eigenvalue weighted by molar-refractivity contribution is -0.138. The van der Waals surface area contributed by atoms with Crippen LogP contribution in [0.2, 0.25) is 0 Å². The topological polar surface area (TPSA) is 61.8 Å². The molecule has 2 aliphatic rings. The second-order valence-corrected chi connectivity index (χ2v) is 6.46. The highest BCUT2D eigenvalue weighted by Gasteiger charge is 2.47. The van der Waals surface area contributed by atoms with E-state index in [0.717, 1.165) is 16.8 Å². The lowest BCUT2D eigenvalue weighted by atomic mass is 9.81. The van der Waals surface area contributed by atoms with Crippen molar-refractivity contribution < 1.29 is 9.59 Å². The number of likely N-dealkylation sites (N-methyl/N-ethyl adjacent to an activating group) is 1. The van der Waals surface area contributed by atoms with Gasteiger partial charge in [0.05, 0.1) is 5.41 Å². The molecule has 1 unspecified atom stereocenters. The van der Waals surface area contributed by atoms with Gasteiger partial charge in [0.15, 0.2) is 0 Å². The summed E-state index contributed by atoms with van der Waals surface area (Å²) in [6.07, 6.45) is 5.67. The van der Waals surface area contributed by atoms with Gasteiger partial charge in [-0.1, -0.05) is 48.5 Å². The van der Waals surface area contributed by atoms with Gasteiger partial charge in [-0.15, -0.1) is 0 Å². The van der Waals surface area contributed by atoms with E-state index in [1.807, 2.05) is 73.9 Å². The number of benzene rings is 2. The summed E-state index contributed by atoms with van der Waals surface area (Å²) in [5.41, 5.74) is 2.46. The fourth-order valence-electron chi connectivity index (χ4n) is 3.05. The summed E-state index contributed by atoms with van der Waals surface area (Å²) in [5.74, 6) is -0.218. The van der Waals surface area contributed by atoms with Crippen molar-refractivity contribution in [2.24, 2.45) is 4.99 Å². The number of amides is 2. The first-order valence-corrected chi connectivity index (χ1v) is 8.42. The van der Waals surface area contributed by atoms with E-state index in [0.29, 0.717) is 0 Å². The van der Waals surface area contributed by atoms with E-state index in [1.165, 1.54) is 4.90 Å². The molecule has 5 nitrogen and oxygen atoms in total. The largest absolute Gasteiger partial charge is 0.360 e. The molecule has 0 spiro atoms. The van der Waals surface area contributed by atoms with Crippen LogP contribution in [0, 0.1) is 0 Å². The Labute approximate surface area is 153 Å². The number of hydrogen-bond acceptors (Lipinski definition) is 4. The van der Waals surface area contributed by atoms with Crippen molar-refractivity contribution in [3.05, 3.63) is 78.1 Å². The summed E-state index contributed by atoms with van der Waals surface area (Å²) in [5, 5.41) is 3.12. The van der Waals surface area contributed by atoms with Crippen LogP contribution in [0.4, 0.5) is 5.69 Å². The van der Waals surface area contributed by atoms with Crippen molar-refractivity contribution >= 4 is 23.7 Å². The van der Waals surface area contributed by atoms with Crippen LogP contribution in [-0.2, 0) is 15.0 Å². The molecular formula is C21H21N3O2. The fraction of sp³-hybridized carbons (Fsp3) is 0.190. The monoisotopic (exact) mass is 347 g/mol. The zero-order chi connectivity index (χ0) is 18.6. The van der Waals surface area contributed by atoms with Crippen LogP contribution in [-0.4, -0.2) is 30.0 Å². The Hall–Kier alpha value is -3.21. The molecular weight excluding hydrogens is 326 g/mol. The van der Waals surface area contributed by atoms with Gasteiger partial charge >= 0.3 is 0 Å². The Balaban J connectivity index is 0.000000158. The first kappa shape index (κ1) is 17.6. The van der Waals surface area contributed by atoms with Crippen LogP contribution < -0.4 is 5.32 Å². The number of aliphatic imine (C=N–C) groups is 1. The molecule has 2 amide bonds. The fourth-order valence-corrected chi connectivity index (χ4v) is 3.05. The molecule has 0 radical (unpaired) electrons. The number of para-hydroxylation sites is 1. The Morgan fingerprint density at radius 1 is 1.04 bits per heavy atom. The van der Waals surface area contributed by atoms with Gasteiger partial charge in [0.2, 0.25) is 11.8 Å². The van der Waals surface area contributed by atoms with Gasteiger partial charge in [0.25, 0.3) is 0 Å². The third-order valence-corrected chi connectivity index (χ3v) is 4.64. The van der Waals surface area contributed by atoms with E-state index >= 15 is 0 Å². The van der Waals surface area contributed by atoms with Crippen molar-refractivity contribution in [3.63, 3.8) is 0 Å². The molecule has 4 rings (SSSR count). The first-order valence-electron chi connectivity index (χ1n) is 8.42. The minimum absolute atomic E-state index is 0.105. The van der Waals surface area contributed by atoms with Crippen LogP contribution in [0.1, 0.15) is 24.5 Å². The lowest BCUT2D eigenvalue weighted by Gasteiger charge is -2.21. The predicted octanol–water partition coefficient (Wildman–Crippen LogP) is 3.34. The Morgan fingerprint density at radius 3 is 2.42 bits per heavy atom. The second-order valence-electron chi connectivity index (χ2n) is 6.46. The molecule has 1 atom stereocenters. The zero-order valence-corrected chi connectivity index (χ0v) is 14.8. The molecule has 2 aliphatic heterocycles. The molecule has 0 aromatic heterocycles. The lowest BCUT2D eigenvalue weighted by Crippen LogP contribution is -2.33. The van der Waals surface area contributed by atoms with Crippen molar-refractivity contribution in [2.75, 3.05) is 12.4 Å². The maximum absolute atomic E-state index is 11.9. The minimum Gasteiger partial charge on any atom is -0.360 e. The van der Waals surface area contributed by atoms with E-state index in [4.69, 9.17) is 0 Å². The summed E-state index contributed by atoms with van der Waals surface area (Å²) in [6.45, 7) is 1.83. The van der Waals surface area contributed by atoms with E-state index < -0.39 is 5.41 Å². The van der Waals surface area contributed by atoms with Gasteiger partial charge in [-0.05, 0) is 18.6 Å². The predicted molar refractivity (Wildman–Crippen MR) is 103 cm³/mol. The third kappa shape index (κ3) is 3.42. The van der Waals surface area contributed by atoms with Crippen molar-refractivity contribution in [3.8, 4) is 0 Å². The Bertz CT molecular complexity index is 874. The smallest absolute Gasteiger partial charge is 0.239 e. The normalized spacial score (nSPS) is 20.8. The zero-order valence-electron chi connectivity index (χ0n) is 14.8. The maximum atomic E-state index is 11.9. The van der Waals surface area contributed by atoms with Gasteiger partial charge in [-0.25, -0.2) is 0 Å². The number of nitrogens with one attached hydrogen (secondary N) is 1. The summed E-state index contributed by atoms with van der Waals surface area (Å²) >= 11 is 0. The second kappa shape index (κ2) is 7.35. The molecule has 1 fully saturated rings. The SMILES string of the molecule is C1=CNc2ccccc2C=N1.CN1C(=O)CC(C)(c2ccccc2)C1=O. The van der Waals surface area contributed by atoms with E-state index in [9.17, 15) is 9.59 Å². The summed E-state index contributed by atoms with van der Waals surface area (Å²) in [6, 6.07) is 17.5. The number of anilines is 1. The average molecular weight is 347 g/mol. The number of rotatable bonds is 1. The van der Waals surface area contributed by atoms with Crippen LogP contribution in [0.15, 0.2) is 72.0 Å². The number of carbonyl (C=O) groups excluding carboxylic acids is 2. The number of nitrogens with zero attached hydrogens (tertiary/aromatic N) is 2. The molecule has 1 saturated heterocycles. The van der Waals surface area contributed by atoms with Crippen molar-refractivity contribution in [2.45, 2.75) is 18.8 Å². The van der Waals surface area contributed by atoms with Crippen LogP contribution >= 0.6 is 0 Å². The molecule has 0 bridgehead atoms. The molecule has 2 aromatic carbocycles. The van der Waals surface area contributed by atoms with Crippen molar-refractivity contribution in [1.82, 2.24) is 4.90 Å². The Kier molecular flexibility index (Phi) is 4.98. The van der Waals surface area contributed by atoms with Crippen LogP contribution in [0.5, 0.6) is 0 Å². The number of fused-ring (bicyclic) bond motifs is 1. The minimum atomic E-state index is -0.674. The molecule has 1 N–H and O–H groups in total. The molecule has 26 heavy (non-hydrogen) atoms. The Morgan fingerprint density at radius 2 is 1.73 bits per heavy atom. The number of carbonyl (C=O) groups is 2. The van der Waals surface area contributed by atoms with Gasteiger partial charge in [-0.3, -0.25) is 19.5 Å². The van der Waals surface area contributed by atoms with Gasteiger partial charge in [0, 0.05) is 43.3 Å². The van der Waals surface area contributed by atoms with Crippen LogP contribution in [0.3, 0.4) is 0 Å². The number of hydrogen-bond donors (Lipinski definition) is 1. The molecule has 0 saturated carbocycles. The van der Waals surface area contributed by atoms with E-state index in [2.05, 4.69) is 10.3 Å². The van der Waals surface area contributed by atoms with Crippen molar-refractivity contribution in [1.29, 1.82) is 0 Å². The molecule has 5 heteroatoms. The highest BCUT2D eigenvalue weighted by Crippen LogP contribution is 2.35. The summed E-state index contributed by atoms with van der Waals surface area (Å²) in [4.78, 5) is 28.7. The number of likely N-dealkylation sites (tertiary alicyclic amines) is 1. The van der Waals surface area contributed by atoms with Gasteiger partial charge < -0.3 is 5.32 Å².